The lowest BCUT2D eigenvalue weighted by Gasteiger charge is -2.13. The molecule has 7 heteroatoms. The molecule has 0 saturated heterocycles. The molecule has 1 aliphatic rings. The van der Waals surface area contributed by atoms with Gasteiger partial charge >= 0.3 is 5.69 Å². The first kappa shape index (κ1) is 11.6. The zero-order valence-electron chi connectivity index (χ0n) is 9.91. The zero-order chi connectivity index (χ0) is 13.6. The summed E-state index contributed by atoms with van der Waals surface area (Å²) in [4.78, 5) is 10.2. The summed E-state index contributed by atoms with van der Waals surface area (Å²) >= 11 is 0. The number of rotatable bonds is 2. The number of nitro groups is 1. The Labute approximate surface area is 107 Å². The van der Waals surface area contributed by atoms with Gasteiger partial charge in [-0.15, -0.1) is 0 Å². The summed E-state index contributed by atoms with van der Waals surface area (Å²) in [5, 5.41) is 14.7. The standard InChI is InChI=1S/C12H11FN4O2/c13-9-3-1-2-8-7(9)4-5-10(8)16-12(14)11(6-15-16)17(18)19/h1-3,6,10H,4-5,14H2. The average molecular weight is 262 g/mol. The molecule has 0 aliphatic heterocycles. The number of nitrogen functional groups attached to an aromatic ring is 1. The van der Waals surface area contributed by atoms with E-state index in [0.717, 1.165) is 11.8 Å². The molecule has 1 aromatic heterocycles. The Bertz CT molecular complexity index is 668. The van der Waals surface area contributed by atoms with Gasteiger partial charge in [-0.05, 0) is 30.0 Å². The SMILES string of the molecule is Nc1c([N+](=O)[O-])cnn1C1CCc2c(F)cccc21. The van der Waals surface area contributed by atoms with Crippen LogP contribution in [0.15, 0.2) is 24.4 Å². The van der Waals surface area contributed by atoms with E-state index in [1.165, 1.54) is 10.7 Å². The van der Waals surface area contributed by atoms with Crippen LogP contribution < -0.4 is 5.73 Å². The van der Waals surface area contributed by atoms with Crippen molar-refractivity contribution in [1.82, 2.24) is 9.78 Å². The highest BCUT2D eigenvalue weighted by atomic mass is 19.1. The van der Waals surface area contributed by atoms with Crippen LogP contribution in [0.25, 0.3) is 0 Å². The molecule has 1 aromatic carbocycles. The second kappa shape index (κ2) is 4.04. The van der Waals surface area contributed by atoms with Crippen LogP contribution in [0.5, 0.6) is 0 Å². The number of hydrogen-bond donors (Lipinski definition) is 1. The van der Waals surface area contributed by atoms with Crippen molar-refractivity contribution >= 4 is 11.5 Å². The molecule has 19 heavy (non-hydrogen) atoms. The van der Waals surface area contributed by atoms with E-state index in [9.17, 15) is 14.5 Å². The average Bonchev–Trinajstić information content (AvgIpc) is 2.93. The second-order valence-electron chi connectivity index (χ2n) is 4.48. The molecule has 1 unspecified atom stereocenters. The van der Waals surface area contributed by atoms with Gasteiger partial charge in [-0.2, -0.15) is 5.10 Å². The first-order chi connectivity index (χ1) is 9.09. The first-order valence-electron chi connectivity index (χ1n) is 5.84. The number of halogens is 1. The Kier molecular flexibility index (Phi) is 2.48. The van der Waals surface area contributed by atoms with Crippen LogP contribution in [0.1, 0.15) is 23.6 Å². The summed E-state index contributed by atoms with van der Waals surface area (Å²) in [6.07, 6.45) is 2.35. The fourth-order valence-corrected chi connectivity index (χ4v) is 2.59. The van der Waals surface area contributed by atoms with Crippen LogP contribution >= 0.6 is 0 Å². The minimum atomic E-state index is -0.569. The third kappa shape index (κ3) is 1.66. The van der Waals surface area contributed by atoms with E-state index in [2.05, 4.69) is 5.10 Å². The molecule has 1 heterocycles. The molecule has 2 N–H and O–H groups in total. The monoisotopic (exact) mass is 262 g/mol. The second-order valence-corrected chi connectivity index (χ2v) is 4.48. The van der Waals surface area contributed by atoms with Crippen LogP contribution in [0.3, 0.4) is 0 Å². The Morgan fingerprint density at radius 1 is 1.53 bits per heavy atom. The quantitative estimate of drug-likeness (QED) is 0.662. The highest BCUT2D eigenvalue weighted by molar-refractivity contribution is 5.52. The Morgan fingerprint density at radius 3 is 3.00 bits per heavy atom. The number of nitrogens with zero attached hydrogens (tertiary/aromatic N) is 3. The Hall–Kier alpha value is -2.44. The number of nitrogens with two attached hydrogens (primary N) is 1. The molecule has 2 aromatic rings. The number of fused-ring (bicyclic) bond motifs is 1. The van der Waals surface area contributed by atoms with E-state index < -0.39 is 4.92 Å². The predicted molar refractivity (Wildman–Crippen MR) is 66.2 cm³/mol. The lowest BCUT2D eigenvalue weighted by molar-refractivity contribution is -0.384. The van der Waals surface area contributed by atoms with Crippen molar-refractivity contribution in [2.75, 3.05) is 5.73 Å². The first-order valence-corrected chi connectivity index (χ1v) is 5.84. The smallest absolute Gasteiger partial charge is 0.330 e. The minimum absolute atomic E-state index is 0.00658. The van der Waals surface area contributed by atoms with Gasteiger partial charge in [0.2, 0.25) is 5.82 Å². The number of hydrogen-bond acceptors (Lipinski definition) is 4. The molecule has 1 aliphatic carbocycles. The highest BCUT2D eigenvalue weighted by Gasteiger charge is 2.30. The molecule has 0 saturated carbocycles. The molecule has 1 atom stereocenters. The van der Waals surface area contributed by atoms with Crippen molar-refractivity contribution in [3.8, 4) is 0 Å². The van der Waals surface area contributed by atoms with Gasteiger partial charge in [-0.25, -0.2) is 9.07 Å². The van der Waals surface area contributed by atoms with E-state index in [0.29, 0.717) is 18.4 Å². The summed E-state index contributed by atoms with van der Waals surface area (Å²) in [7, 11) is 0. The highest BCUT2D eigenvalue weighted by Crippen LogP contribution is 2.37. The number of aromatic nitrogens is 2. The van der Waals surface area contributed by atoms with E-state index in [4.69, 9.17) is 5.73 Å². The summed E-state index contributed by atoms with van der Waals surface area (Å²) in [5.41, 5.74) is 6.97. The van der Waals surface area contributed by atoms with Crippen LogP contribution in [0, 0.1) is 15.9 Å². The predicted octanol–water partition coefficient (Wildman–Crippen LogP) is 2.05. The summed E-state index contributed by atoms with van der Waals surface area (Å²) in [6, 6.07) is 4.61. The number of anilines is 1. The van der Waals surface area contributed by atoms with Crippen molar-refractivity contribution in [3.05, 3.63) is 51.5 Å². The molecule has 3 rings (SSSR count). The molecular weight excluding hydrogens is 251 g/mol. The van der Waals surface area contributed by atoms with Crippen LogP contribution in [0.4, 0.5) is 15.9 Å². The summed E-state index contributed by atoms with van der Waals surface area (Å²) in [6.45, 7) is 0. The van der Waals surface area contributed by atoms with Gasteiger partial charge in [-0.1, -0.05) is 12.1 Å². The maximum Gasteiger partial charge on any atom is 0.330 e. The van der Waals surface area contributed by atoms with Gasteiger partial charge in [0, 0.05) is 0 Å². The van der Waals surface area contributed by atoms with Crippen molar-refractivity contribution < 1.29 is 9.31 Å². The fourth-order valence-electron chi connectivity index (χ4n) is 2.59. The molecule has 6 nitrogen and oxygen atoms in total. The lowest BCUT2D eigenvalue weighted by Crippen LogP contribution is -2.12. The molecule has 98 valence electrons. The number of benzene rings is 1. The minimum Gasteiger partial charge on any atom is -0.378 e. The van der Waals surface area contributed by atoms with Crippen LogP contribution in [-0.4, -0.2) is 14.7 Å². The van der Waals surface area contributed by atoms with Gasteiger partial charge < -0.3 is 5.73 Å². The normalized spacial score (nSPS) is 17.4. The van der Waals surface area contributed by atoms with Gasteiger partial charge in [-0.3, -0.25) is 10.1 Å². The molecule has 0 fully saturated rings. The largest absolute Gasteiger partial charge is 0.378 e. The van der Waals surface area contributed by atoms with Crippen LogP contribution in [0.2, 0.25) is 0 Å². The Morgan fingerprint density at radius 2 is 2.32 bits per heavy atom. The third-order valence-corrected chi connectivity index (χ3v) is 3.49. The Balaban J connectivity index is 2.07. The zero-order valence-corrected chi connectivity index (χ0v) is 9.91. The molecular formula is C12H11FN4O2. The van der Waals surface area contributed by atoms with Crippen molar-refractivity contribution in [3.63, 3.8) is 0 Å². The van der Waals surface area contributed by atoms with Crippen LogP contribution in [-0.2, 0) is 6.42 Å². The lowest BCUT2D eigenvalue weighted by atomic mass is 10.1. The van der Waals surface area contributed by atoms with E-state index >= 15 is 0 Å². The maximum atomic E-state index is 13.6. The molecule has 0 radical (unpaired) electrons. The van der Waals surface area contributed by atoms with Crippen molar-refractivity contribution in [1.29, 1.82) is 0 Å². The summed E-state index contributed by atoms with van der Waals surface area (Å²) in [5.74, 6) is -0.243. The van der Waals surface area contributed by atoms with Crippen molar-refractivity contribution in [2.45, 2.75) is 18.9 Å². The van der Waals surface area contributed by atoms with Gasteiger partial charge in [0.05, 0.1) is 11.0 Å². The van der Waals surface area contributed by atoms with E-state index in [-0.39, 0.29) is 23.4 Å². The maximum absolute atomic E-state index is 13.6. The van der Waals surface area contributed by atoms with Gasteiger partial charge in [0.15, 0.2) is 0 Å². The molecule has 0 amide bonds. The van der Waals surface area contributed by atoms with Gasteiger partial charge in [0.25, 0.3) is 0 Å². The van der Waals surface area contributed by atoms with E-state index in [1.807, 2.05) is 6.07 Å². The molecule has 0 spiro atoms. The molecule has 0 bridgehead atoms. The fraction of sp³-hybridized carbons (Fsp3) is 0.250. The third-order valence-electron chi connectivity index (χ3n) is 3.49. The van der Waals surface area contributed by atoms with Gasteiger partial charge in [0.1, 0.15) is 12.0 Å². The van der Waals surface area contributed by atoms with E-state index in [1.54, 1.807) is 6.07 Å². The topological polar surface area (TPSA) is 87.0 Å². The summed E-state index contributed by atoms with van der Waals surface area (Å²) < 4.78 is 15.1. The van der Waals surface area contributed by atoms with Crippen molar-refractivity contribution in [2.24, 2.45) is 0 Å².